The zero-order chi connectivity index (χ0) is 28.8. The number of likely N-dealkylation sites (tertiary alicyclic amines) is 1. The van der Waals surface area contributed by atoms with Crippen LogP contribution in [-0.4, -0.2) is 52.1 Å². The minimum atomic E-state index is -0.840. The number of carbonyl (C=O) groups excluding carboxylic acids is 4. The molecule has 0 saturated carbocycles. The van der Waals surface area contributed by atoms with E-state index >= 15 is 0 Å². The third-order valence-electron chi connectivity index (χ3n) is 7.78. The van der Waals surface area contributed by atoms with Gasteiger partial charge in [0.05, 0.1) is 11.8 Å². The van der Waals surface area contributed by atoms with Crippen molar-refractivity contribution in [2.75, 3.05) is 6.54 Å². The molecule has 2 unspecified atom stereocenters. The highest BCUT2D eigenvalue weighted by Crippen LogP contribution is 2.35. The number of amides is 4. The van der Waals surface area contributed by atoms with Crippen molar-refractivity contribution >= 4 is 46.8 Å². The van der Waals surface area contributed by atoms with Gasteiger partial charge in [-0.1, -0.05) is 78.7 Å². The topological polar surface area (TPSA) is 86.8 Å². The molecule has 212 valence electrons. The van der Waals surface area contributed by atoms with Crippen molar-refractivity contribution in [3.05, 3.63) is 81.9 Å². The van der Waals surface area contributed by atoms with E-state index in [0.717, 1.165) is 12.0 Å². The Balaban J connectivity index is 1.61. The van der Waals surface area contributed by atoms with Gasteiger partial charge >= 0.3 is 0 Å². The molecule has 9 heteroatoms. The number of allylic oxidation sites excluding steroid dienone is 2. The predicted molar refractivity (Wildman–Crippen MR) is 156 cm³/mol. The van der Waals surface area contributed by atoms with E-state index in [1.807, 2.05) is 56.3 Å². The molecule has 0 spiro atoms. The van der Waals surface area contributed by atoms with Crippen molar-refractivity contribution in [2.24, 2.45) is 11.8 Å². The van der Waals surface area contributed by atoms with Crippen molar-refractivity contribution in [3.8, 4) is 0 Å². The summed E-state index contributed by atoms with van der Waals surface area (Å²) in [6.07, 6.45) is 5.86. The van der Waals surface area contributed by atoms with Crippen LogP contribution < -0.4 is 5.32 Å². The van der Waals surface area contributed by atoms with Crippen molar-refractivity contribution in [1.29, 1.82) is 0 Å². The van der Waals surface area contributed by atoms with Crippen molar-refractivity contribution < 1.29 is 19.2 Å². The maximum absolute atomic E-state index is 13.9. The molecule has 4 rings (SSSR count). The monoisotopic (exact) mass is 583 g/mol. The molecule has 2 aromatic carbocycles. The van der Waals surface area contributed by atoms with Gasteiger partial charge in [-0.15, -0.1) is 0 Å². The number of imide groups is 1. The van der Waals surface area contributed by atoms with Gasteiger partial charge < -0.3 is 10.2 Å². The quantitative estimate of drug-likeness (QED) is 0.291. The first kappa shape index (κ1) is 29.8. The van der Waals surface area contributed by atoms with E-state index in [2.05, 4.69) is 5.32 Å². The number of hydrogen-bond acceptors (Lipinski definition) is 4. The van der Waals surface area contributed by atoms with Crippen molar-refractivity contribution in [1.82, 2.24) is 15.1 Å². The summed E-state index contributed by atoms with van der Waals surface area (Å²) >= 11 is 12.6. The molecule has 1 saturated heterocycles. The average Bonchev–Trinajstić information content (AvgIpc) is 3.19. The fourth-order valence-electron chi connectivity index (χ4n) is 5.27. The summed E-state index contributed by atoms with van der Waals surface area (Å²) in [6, 6.07) is 13.6. The summed E-state index contributed by atoms with van der Waals surface area (Å²) in [5, 5.41) is 3.87. The van der Waals surface area contributed by atoms with E-state index in [4.69, 9.17) is 23.2 Å². The summed E-state index contributed by atoms with van der Waals surface area (Å²) in [6.45, 7) is 3.93. The van der Waals surface area contributed by atoms with Crippen LogP contribution in [0.25, 0.3) is 0 Å². The van der Waals surface area contributed by atoms with Gasteiger partial charge in [-0.2, -0.15) is 0 Å². The number of hydrogen-bond donors (Lipinski definition) is 1. The normalized spacial score (nSPS) is 19.8. The predicted octanol–water partition coefficient (Wildman–Crippen LogP) is 5.19. The number of rotatable bonds is 11. The Hall–Kier alpha value is -3.16. The Kier molecular flexibility index (Phi) is 10.0. The Morgan fingerprint density at radius 2 is 1.68 bits per heavy atom. The molecular formula is C31H35Cl2N3O4. The third kappa shape index (κ3) is 6.94. The van der Waals surface area contributed by atoms with E-state index in [1.165, 1.54) is 9.80 Å². The van der Waals surface area contributed by atoms with Gasteiger partial charge in [-0.05, 0) is 49.4 Å². The summed E-state index contributed by atoms with van der Waals surface area (Å²) in [5.41, 5.74) is 1.53. The Bertz CT molecular complexity index is 1260. The van der Waals surface area contributed by atoms with E-state index in [1.54, 1.807) is 18.2 Å². The molecule has 0 aromatic heterocycles. The molecule has 0 bridgehead atoms. The molecule has 2 aliphatic rings. The minimum absolute atomic E-state index is 0.0284. The van der Waals surface area contributed by atoms with Crippen LogP contribution in [0.4, 0.5) is 0 Å². The first-order chi connectivity index (χ1) is 19.2. The summed E-state index contributed by atoms with van der Waals surface area (Å²) in [7, 11) is 0. The van der Waals surface area contributed by atoms with Gasteiger partial charge in [0.1, 0.15) is 6.04 Å². The zero-order valence-corrected chi connectivity index (χ0v) is 24.3. The number of nitrogens with one attached hydrogen (secondary N) is 1. The second kappa shape index (κ2) is 13.5. The first-order valence-electron chi connectivity index (χ1n) is 13.8. The number of halogens is 2. The van der Waals surface area contributed by atoms with Crippen LogP contribution in [0, 0.1) is 11.8 Å². The van der Waals surface area contributed by atoms with E-state index in [-0.39, 0.29) is 67.4 Å². The highest BCUT2D eigenvalue weighted by molar-refractivity contribution is 6.35. The van der Waals surface area contributed by atoms with Crippen LogP contribution in [0.3, 0.4) is 0 Å². The average molecular weight is 585 g/mol. The van der Waals surface area contributed by atoms with Gasteiger partial charge in [-0.3, -0.25) is 24.1 Å². The molecule has 1 heterocycles. The molecular weight excluding hydrogens is 549 g/mol. The molecule has 7 nitrogen and oxygen atoms in total. The van der Waals surface area contributed by atoms with Crippen LogP contribution in [0.15, 0.2) is 60.7 Å². The molecule has 4 amide bonds. The lowest BCUT2D eigenvalue weighted by atomic mass is 9.85. The van der Waals surface area contributed by atoms with Gasteiger partial charge in [0, 0.05) is 42.0 Å². The molecule has 1 aliphatic carbocycles. The highest BCUT2D eigenvalue weighted by Gasteiger charge is 2.47. The largest absolute Gasteiger partial charge is 0.352 e. The van der Waals surface area contributed by atoms with Crippen LogP contribution in [0.5, 0.6) is 0 Å². The maximum Gasteiger partial charge on any atom is 0.243 e. The fraction of sp³-hybridized carbons (Fsp3) is 0.419. The molecule has 4 atom stereocenters. The van der Waals surface area contributed by atoms with Crippen LogP contribution in [0.2, 0.25) is 10.0 Å². The number of nitrogens with zero attached hydrogens (tertiary/aromatic N) is 2. The lowest BCUT2D eigenvalue weighted by molar-refractivity contribution is -0.144. The summed E-state index contributed by atoms with van der Waals surface area (Å²) in [5.74, 6) is -1.79. The van der Waals surface area contributed by atoms with E-state index < -0.39 is 6.04 Å². The zero-order valence-electron chi connectivity index (χ0n) is 22.8. The lowest BCUT2D eigenvalue weighted by Gasteiger charge is -2.33. The molecule has 1 fully saturated rings. The number of carbonyl (C=O) groups is 4. The Labute approximate surface area is 245 Å². The molecule has 1 N–H and O–H groups in total. The Morgan fingerprint density at radius 1 is 1.02 bits per heavy atom. The second-order valence-electron chi connectivity index (χ2n) is 10.5. The Morgan fingerprint density at radius 3 is 2.27 bits per heavy atom. The van der Waals surface area contributed by atoms with E-state index in [9.17, 15) is 19.2 Å². The van der Waals surface area contributed by atoms with E-state index in [0.29, 0.717) is 28.5 Å². The second-order valence-corrected chi connectivity index (χ2v) is 11.4. The maximum atomic E-state index is 13.9. The molecule has 0 radical (unpaired) electrons. The number of benzene rings is 2. The fourth-order valence-corrected chi connectivity index (χ4v) is 5.74. The van der Waals surface area contributed by atoms with Crippen LogP contribution in [-0.2, 0) is 32.1 Å². The summed E-state index contributed by atoms with van der Waals surface area (Å²) < 4.78 is 0. The molecule has 40 heavy (non-hydrogen) atoms. The van der Waals surface area contributed by atoms with Gasteiger partial charge in [-0.25, -0.2) is 0 Å². The first-order valence-corrected chi connectivity index (χ1v) is 14.5. The van der Waals surface area contributed by atoms with Crippen LogP contribution >= 0.6 is 23.2 Å². The summed E-state index contributed by atoms with van der Waals surface area (Å²) in [4.78, 5) is 56.3. The van der Waals surface area contributed by atoms with Gasteiger partial charge in [0.2, 0.25) is 23.6 Å². The minimum Gasteiger partial charge on any atom is -0.352 e. The number of fused-ring (bicyclic) bond motifs is 1. The standard InChI is InChI=1S/C31H35Cl2N3O4/c1-3-20(2)34-29(38)27(17-21-9-5-4-6-10-21)36(19-22-13-14-23(32)18-26(22)33)28(37)15-16-35-30(39)24-11-7-8-12-25(24)31(35)40/h4-10,13-14,18,20,24-25,27H,3,11-12,15-17,19H2,1-2H3,(H,34,38)/t20?,24-,25+,27?. The smallest absolute Gasteiger partial charge is 0.243 e. The van der Waals surface area contributed by atoms with Gasteiger partial charge in [0.15, 0.2) is 0 Å². The SMILES string of the molecule is CCC(C)NC(=O)C(Cc1ccccc1)N(Cc1ccc(Cl)cc1Cl)C(=O)CCN1C(=O)[C@H]2CC=CC[C@H]2C1=O. The third-order valence-corrected chi connectivity index (χ3v) is 8.36. The molecule has 1 aliphatic heterocycles. The van der Waals surface area contributed by atoms with Crippen LogP contribution in [0.1, 0.15) is 50.7 Å². The molecule has 2 aromatic rings. The highest BCUT2D eigenvalue weighted by atomic mass is 35.5. The van der Waals surface area contributed by atoms with Crippen molar-refractivity contribution in [2.45, 2.75) is 64.6 Å². The van der Waals surface area contributed by atoms with Gasteiger partial charge in [0.25, 0.3) is 0 Å². The van der Waals surface area contributed by atoms with Crippen molar-refractivity contribution in [3.63, 3.8) is 0 Å². The lowest BCUT2D eigenvalue weighted by Crippen LogP contribution is -2.52.